The minimum absolute atomic E-state index is 1.07. The normalized spacial score (nSPS) is 17.1. The van der Waals surface area contributed by atoms with Crippen LogP contribution in [0.3, 0.4) is 0 Å². The quantitative estimate of drug-likeness (QED) is 0.736. The van der Waals surface area contributed by atoms with Gasteiger partial charge in [-0.25, -0.2) is 0 Å². The Morgan fingerprint density at radius 3 is 2.65 bits per heavy atom. The third-order valence-electron chi connectivity index (χ3n) is 3.97. The Bertz CT molecular complexity index is 604. The lowest BCUT2D eigenvalue weighted by atomic mass is 10.1. The monoisotopic (exact) mass is 402 g/mol. The summed E-state index contributed by atoms with van der Waals surface area (Å²) in [5.41, 5.74) is 2.51. The number of nitrogens with zero attached hydrogens (tertiary/aromatic N) is 4. The number of likely N-dealkylation sites (N-methyl/N-ethyl adjacent to an activating group) is 1. The third-order valence-corrected chi connectivity index (χ3v) is 5.50. The van der Waals surface area contributed by atoms with E-state index in [1.165, 1.54) is 16.5 Å². The minimum Gasteiger partial charge on any atom is -0.352 e. The lowest BCUT2D eigenvalue weighted by Crippen LogP contribution is -2.46. The Hall–Kier alpha value is -0.470. The van der Waals surface area contributed by atoms with Crippen LogP contribution in [0.1, 0.15) is 12.5 Å². The maximum Gasteiger partial charge on any atom is 0.159 e. The van der Waals surface area contributed by atoms with Crippen LogP contribution < -0.4 is 4.90 Å². The second-order valence-electron chi connectivity index (χ2n) is 5.21. The number of anilines is 1. The molecule has 1 aromatic carbocycles. The highest BCUT2D eigenvalue weighted by Crippen LogP contribution is 2.32. The molecule has 4 nitrogen and oxygen atoms in total. The Morgan fingerprint density at radius 1 is 1.25 bits per heavy atom. The van der Waals surface area contributed by atoms with E-state index >= 15 is 0 Å². The topological polar surface area (TPSA) is 24.3 Å². The molecule has 0 aliphatic carbocycles. The van der Waals surface area contributed by atoms with Crippen molar-refractivity contribution in [2.75, 3.05) is 37.6 Å². The van der Waals surface area contributed by atoms with Gasteiger partial charge in [-0.05, 0) is 25.6 Å². The summed E-state index contributed by atoms with van der Waals surface area (Å²) >= 11 is 2.29. The molecule has 20 heavy (non-hydrogen) atoms. The van der Waals surface area contributed by atoms with Crippen molar-refractivity contribution in [2.24, 2.45) is 0 Å². The maximum atomic E-state index is 4.80. The largest absolute Gasteiger partial charge is 0.352 e. The van der Waals surface area contributed by atoms with Crippen molar-refractivity contribution < 1.29 is 0 Å². The Balaban J connectivity index is 1.97. The molecule has 0 N–H and O–H groups in total. The lowest BCUT2D eigenvalue weighted by Gasteiger charge is -2.34. The van der Waals surface area contributed by atoms with Gasteiger partial charge in [-0.15, -0.1) is 5.10 Å². The molecule has 1 aliphatic rings. The Labute approximate surface area is 136 Å². The van der Waals surface area contributed by atoms with Crippen LogP contribution in [0.5, 0.6) is 0 Å². The van der Waals surface area contributed by atoms with Gasteiger partial charge in [0.05, 0.1) is 5.52 Å². The molecule has 3 rings (SSSR count). The van der Waals surface area contributed by atoms with E-state index in [2.05, 4.69) is 63.1 Å². The number of aromatic nitrogens is 2. The average Bonchev–Trinajstić information content (AvgIpc) is 2.85. The molecule has 0 unspecified atom stereocenters. The molecule has 1 saturated heterocycles. The van der Waals surface area contributed by atoms with Gasteiger partial charge in [0.25, 0.3) is 0 Å². The van der Waals surface area contributed by atoms with Crippen LogP contribution >= 0.6 is 30.3 Å². The number of piperazine rings is 1. The fourth-order valence-corrected chi connectivity index (χ4v) is 3.99. The molecule has 1 aromatic heterocycles. The van der Waals surface area contributed by atoms with E-state index < -0.39 is 0 Å². The van der Waals surface area contributed by atoms with Gasteiger partial charge in [-0.3, -0.25) is 0 Å². The molecule has 0 bridgehead atoms. The van der Waals surface area contributed by atoms with Gasteiger partial charge in [-0.2, -0.15) is 4.09 Å². The van der Waals surface area contributed by atoms with Crippen molar-refractivity contribution in [2.45, 2.75) is 13.8 Å². The minimum atomic E-state index is 1.07. The molecule has 6 heteroatoms. The zero-order chi connectivity index (χ0) is 14.1. The average molecular weight is 402 g/mol. The summed E-state index contributed by atoms with van der Waals surface area (Å²) in [4.78, 5) is 4.92. The number of benzene rings is 1. The van der Waals surface area contributed by atoms with E-state index in [0.29, 0.717) is 0 Å². The number of halogens is 1. The molecule has 1 aliphatic heterocycles. The SMILES string of the molecule is CCN1CCN(c2nn(SI)c3ccc(C)cc23)CC1. The molecule has 2 aromatic rings. The van der Waals surface area contributed by atoms with Gasteiger partial charge < -0.3 is 9.80 Å². The highest BCUT2D eigenvalue weighted by molar-refractivity contribution is 14.2. The first-order valence-electron chi connectivity index (χ1n) is 6.98. The van der Waals surface area contributed by atoms with Crippen LogP contribution in [0.4, 0.5) is 5.82 Å². The number of hydrogen-bond donors (Lipinski definition) is 0. The van der Waals surface area contributed by atoms with Crippen LogP contribution in [-0.4, -0.2) is 46.8 Å². The van der Waals surface area contributed by atoms with Crippen LogP contribution in [0, 0.1) is 6.92 Å². The first-order chi connectivity index (χ1) is 9.72. The summed E-state index contributed by atoms with van der Waals surface area (Å²) in [6.45, 7) is 9.93. The van der Waals surface area contributed by atoms with Gasteiger partial charge in [0.1, 0.15) is 0 Å². The van der Waals surface area contributed by atoms with Gasteiger partial charge in [0.15, 0.2) is 5.82 Å². The maximum absolute atomic E-state index is 4.80. The Kier molecular flexibility index (Phi) is 4.42. The van der Waals surface area contributed by atoms with Gasteiger partial charge in [0.2, 0.25) is 0 Å². The van der Waals surface area contributed by atoms with Crippen LogP contribution in [0.15, 0.2) is 18.2 Å². The number of fused-ring (bicyclic) bond motifs is 1. The fraction of sp³-hybridized carbons (Fsp3) is 0.500. The standard InChI is InChI=1S/C14H19IN4S/c1-3-17-6-8-18(9-7-17)14-12-10-11(2)4-5-13(12)19(16-14)20-15/h4-5,10H,3,6-9H2,1-2H3. The van der Waals surface area contributed by atoms with Crippen molar-refractivity contribution in [1.82, 2.24) is 14.1 Å². The molecule has 0 atom stereocenters. The second kappa shape index (κ2) is 6.11. The van der Waals surface area contributed by atoms with Gasteiger partial charge in [0, 0.05) is 61.9 Å². The molecule has 0 saturated carbocycles. The molecular formula is C14H19IN4S. The predicted molar refractivity (Wildman–Crippen MR) is 95.8 cm³/mol. The smallest absolute Gasteiger partial charge is 0.159 e. The van der Waals surface area contributed by atoms with E-state index in [1.54, 1.807) is 9.12 Å². The summed E-state index contributed by atoms with van der Waals surface area (Å²) in [5, 5.41) is 6.08. The molecule has 108 valence electrons. The molecule has 1 fully saturated rings. The summed E-state index contributed by atoms with van der Waals surface area (Å²) in [7, 11) is 1.63. The van der Waals surface area contributed by atoms with Crippen molar-refractivity contribution >= 4 is 47.0 Å². The number of hydrogen-bond acceptors (Lipinski definition) is 4. The van der Waals surface area contributed by atoms with Crippen molar-refractivity contribution in [3.05, 3.63) is 23.8 Å². The third kappa shape index (κ3) is 2.65. The van der Waals surface area contributed by atoms with Crippen molar-refractivity contribution in [3.8, 4) is 0 Å². The van der Waals surface area contributed by atoms with Crippen LogP contribution in [0.2, 0.25) is 0 Å². The van der Waals surface area contributed by atoms with Gasteiger partial charge >= 0.3 is 0 Å². The zero-order valence-electron chi connectivity index (χ0n) is 11.8. The molecule has 0 amide bonds. The lowest BCUT2D eigenvalue weighted by molar-refractivity contribution is 0.270. The van der Waals surface area contributed by atoms with E-state index in [1.807, 2.05) is 4.09 Å². The van der Waals surface area contributed by atoms with Crippen molar-refractivity contribution in [3.63, 3.8) is 0 Å². The van der Waals surface area contributed by atoms with E-state index in [0.717, 1.165) is 38.5 Å². The fourth-order valence-electron chi connectivity index (χ4n) is 2.75. The number of aryl methyl sites for hydroxylation is 1. The van der Waals surface area contributed by atoms with E-state index in [9.17, 15) is 0 Å². The summed E-state index contributed by atoms with van der Waals surface area (Å²) in [5.74, 6) is 1.14. The van der Waals surface area contributed by atoms with E-state index in [4.69, 9.17) is 5.10 Å². The highest BCUT2D eigenvalue weighted by Gasteiger charge is 2.21. The first-order valence-corrected chi connectivity index (χ1v) is 10.3. The first kappa shape index (κ1) is 14.5. The number of rotatable bonds is 3. The molecular weight excluding hydrogens is 383 g/mol. The predicted octanol–water partition coefficient (Wildman–Crippen LogP) is 3.33. The zero-order valence-corrected chi connectivity index (χ0v) is 14.8. The molecule has 0 radical (unpaired) electrons. The van der Waals surface area contributed by atoms with Crippen molar-refractivity contribution in [1.29, 1.82) is 0 Å². The highest BCUT2D eigenvalue weighted by atomic mass is 127. The summed E-state index contributed by atoms with van der Waals surface area (Å²) in [6, 6.07) is 6.59. The second-order valence-corrected chi connectivity index (χ2v) is 6.87. The Morgan fingerprint density at radius 2 is 2.00 bits per heavy atom. The van der Waals surface area contributed by atoms with Crippen LogP contribution in [0.25, 0.3) is 10.9 Å². The summed E-state index contributed by atoms with van der Waals surface area (Å²) < 4.78 is 2.02. The van der Waals surface area contributed by atoms with Gasteiger partial charge in [-0.1, -0.05) is 18.6 Å². The van der Waals surface area contributed by atoms with Crippen LogP contribution in [-0.2, 0) is 0 Å². The molecule has 0 spiro atoms. The molecule has 2 heterocycles. The summed E-state index contributed by atoms with van der Waals surface area (Å²) in [6.07, 6.45) is 0. The van der Waals surface area contributed by atoms with E-state index in [-0.39, 0.29) is 0 Å².